The molecular formula is C10H7ClIN3OS. The molecule has 0 fully saturated rings. The molecule has 0 saturated carbocycles. The number of hydrogen-bond acceptors (Lipinski definition) is 4. The van der Waals surface area contributed by atoms with Crippen LogP contribution in [0.4, 0.5) is 5.95 Å². The van der Waals surface area contributed by atoms with Gasteiger partial charge in [-0.2, -0.15) is 0 Å². The van der Waals surface area contributed by atoms with Crippen molar-refractivity contribution in [3.63, 3.8) is 0 Å². The van der Waals surface area contributed by atoms with Crippen LogP contribution in [-0.4, -0.2) is 15.9 Å². The van der Waals surface area contributed by atoms with Crippen LogP contribution in [0.3, 0.4) is 0 Å². The Kier molecular flexibility index (Phi) is 3.95. The van der Waals surface area contributed by atoms with Crippen LogP contribution < -0.4 is 5.32 Å². The van der Waals surface area contributed by atoms with Crippen LogP contribution in [0.25, 0.3) is 0 Å². The third-order valence-electron chi connectivity index (χ3n) is 1.88. The minimum atomic E-state index is -0.231. The maximum atomic E-state index is 11.8. The van der Waals surface area contributed by atoms with E-state index in [1.165, 1.54) is 11.3 Å². The van der Waals surface area contributed by atoms with Gasteiger partial charge in [-0.25, -0.2) is 9.97 Å². The summed E-state index contributed by atoms with van der Waals surface area (Å²) in [7, 11) is 0. The predicted molar refractivity (Wildman–Crippen MR) is 76.8 cm³/mol. The molecule has 1 N–H and O–H groups in total. The smallest absolute Gasteiger partial charge is 0.258 e. The molecule has 17 heavy (non-hydrogen) atoms. The Morgan fingerprint density at radius 3 is 2.82 bits per heavy atom. The van der Waals surface area contributed by atoms with Crippen molar-refractivity contribution in [2.45, 2.75) is 6.92 Å². The zero-order valence-electron chi connectivity index (χ0n) is 8.70. The number of rotatable bonds is 2. The molecule has 2 aromatic heterocycles. The molecule has 0 spiro atoms. The van der Waals surface area contributed by atoms with Gasteiger partial charge in [-0.05, 0) is 41.6 Å². The van der Waals surface area contributed by atoms with E-state index in [0.717, 1.165) is 2.88 Å². The average Bonchev–Trinajstić information content (AvgIpc) is 2.63. The molecule has 0 atom stereocenters. The lowest BCUT2D eigenvalue weighted by atomic mass is 10.3. The molecule has 0 unspecified atom stereocenters. The molecule has 0 aliphatic carbocycles. The Labute approximate surface area is 121 Å². The SMILES string of the molecule is Cc1cc(Cl)nc(NC(=O)c2csc(I)c2)n1. The highest BCUT2D eigenvalue weighted by atomic mass is 127. The summed E-state index contributed by atoms with van der Waals surface area (Å²) in [6, 6.07) is 3.43. The van der Waals surface area contributed by atoms with Gasteiger partial charge in [-0.3, -0.25) is 10.1 Å². The van der Waals surface area contributed by atoms with Crippen molar-refractivity contribution in [2.24, 2.45) is 0 Å². The number of thiophene rings is 1. The molecule has 7 heteroatoms. The van der Waals surface area contributed by atoms with Crippen LogP contribution in [0.2, 0.25) is 5.15 Å². The van der Waals surface area contributed by atoms with Crippen molar-refractivity contribution >= 4 is 57.4 Å². The van der Waals surface area contributed by atoms with Gasteiger partial charge in [-0.15, -0.1) is 11.3 Å². The minimum absolute atomic E-state index is 0.223. The molecule has 0 aliphatic rings. The van der Waals surface area contributed by atoms with Crippen LogP contribution in [-0.2, 0) is 0 Å². The first kappa shape index (κ1) is 12.7. The second-order valence-corrected chi connectivity index (χ2v) is 6.44. The van der Waals surface area contributed by atoms with E-state index in [9.17, 15) is 4.79 Å². The quantitative estimate of drug-likeness (QED) is 0.643. The summed E-state index contributed by atoms with van der Waals surface area (Å²) in [6.07, 6.45) is 0. The second-order valence-electron chi connectivity index (χ2n) is 3.25. The summed E-state index contributed by atoms with van der Waals surface area (Å²) < 4.78 is 1.05. The number of aryl methyl sites for hydroxylation is 1. The molecule has 2 heterocycles. The van der Waals surface area contributed by atoms with Gasteiger partial charge in [0.25, 0.3) is 5.91 Å². The van der Waals surface area contributed by atoms with Gasteiger partial charge in [0.05, 0.1) is 8.45 Å². The highest BCUT2D eigenvalue weighted by molar-refractivity contribution is 14.1. The number of hydrogen-bond donors (Lipinski definition) is 1. The van der Waals surface area contributed by atoms with Gasteiger partial charge < -0.3 is 0 Å². The fourth-order valence-corrected chi connectivity index (χ4v) is 2.75. The number of aromatic nitrogens is 2. The third kappa shape index (κ3) is 3.36. The maximum Gasteiger partial charge on any atom is 0.258 e. The molecule has 0 aliphatic heterocycles. The summed E-state index contributed by atoms with van der Waals surface area (Å²) in [5.41, 5.74) is 1.31. The van der Waals surface area contributed by atoms with E-state index in [0.29, 0.717) is 16.4 Å². The summed E-state index contributed by atoms with van der Waals surface area (Å²) in [5, 5.41) is 4.71. The molecule has 0 saturated heterocycles. The zero-order chi connectivity index (χ0) is 12.4. The van der Waals surface area contributed by atoms with Crippen molar-refractivity contribution in [2.75, 3.05) is 5.32 Å². The number of anilines is 1. The maximum absolute atomic E-state index is 11.8. The van der Waals surface area contributed by atoms with Gasteiger partial charge in [0.15, 0.2) is 0 Å². The normalized spacial score (nSPS) is 10.3. The summed E-state index contributed by atoms with van der Waals surface area (Å²) >= 11 is 9.45. The van der Waals surface area contributed by atoms with Crippen LogP contribution in [0.15, 0.2) is 17.5 Å². The standard InChI is InChI=1S/C10H7ClIN3OS/c1-5-2-7(11)14-10(13-5)15-9(16)6-3-8(12)17-4-6/h2-4H,1H3,(H,13,14,15,16). The van der Waals surface area contributed by atoms with Gasteiger partial charge in [-0.1, -0.05) is 11.6 Å². The molecule has 2 aromatic rings. The first-order valence-corrected chi connectivity index (χ1v) is 6.95. The van der Waals surface area contributed by atoms with Crippen LogP contribution in [0.1, 0.15) is 16.1 Å². The van der Waals surface area contributed by atoms with E-state index < -0.39 is 0 Å². The number of carbonyl (C=O) groups is 1. The molecule has 4 nitrogen and oxygen atoms in total. The van der Waals surface area contributed by atoms with Crippen molar-refractivity contribution in [1.82, 2.24) is 9.97 Å². The van der Waals surface area contributed by atoms with Crippen molar-refractivity contribution in [3.05, 3.63) is 36.8 Å². The van der Waals surface area contributed by atoms with E-state index in [1.54, 1.807) is 24.4 Å². The van der Waals surface area contributed by atoms with Crippen molar-refractivity contribution in [1.29, 1.82) is 0 Å². The Morgan fingerprint density at radius 1 is 1.47 bits per heavy atom. The van der Waals surface area contributed by atoms with Gasteiger partial charge in [0.2, 0.25) is 5.95 Å². The number of halogens is 2. The number of amides is 1. The Bertz CT molecular complexity index is 552. The van der Waals surface area contributed by atoms with Gasteiger partial charge in [0.1, 0.15) is 5.15 Å². The second kappa shape index (κ2) is 5.28. The Morgan fingerprint density at radius 2 is 2.24 bits per heavy atom. The molecular weight excluding hydrogens is 373 g/mol. The summed E-state index contributed by atoms with van der Waals surface area (Å²) in [6.45, 7) is 1.79. The topological polar surface area (TPSA) is 54.9 Å². The lowest BCUT2D eigenvalue weighted by Gasteiger charge is -2.03. The predicted octanol–water partition coefficient (Wildman–Crippen LogP) is 3.36. The van der Waals surface area contributed by atoms with Crippen molar-refractivity contribution < 1.29 is 4.79 Å². The van der Waals surface area contributed by atoms with E-state index in [4.69, 9.17) is 11.6 Å². The summed E-state index contributed by atoms with van der Waals surface area (Å²) in [4.78, 5) is 19.8. The molecule has 0 radical (unpaired) electrons. The lowest BCUT2D eigenvalue weighted by molar-refractivity contribution is 0.102. The molecule has 2 rings (SSSR count). The van der Waals surface area contributed by atoms with Crippen molar-refractivity contribution in [3.8, 4) is 0 Å². The highest BCUT2D eigenvalue weighted by Crippen LogP contribution is 2.17. The molecule has 1 amide bonds. The third-order valence-corrected chi connectivity index (χ3v) is 3.86. The Hall–Kier alpha value is -0.730. The fourth-order valence-electron chi connectivity index (χ4n) is 1.19. The van der Waals surface area contributed by atoms with Gasteiger partial charge >= 0.3 is 0 Å². The first-order chi connectivity index (χ1) is 8.04. The van der Waals surface area contributed by atoms with E-state index in [1.807, 2.05) is 0 Å². The Balaban J connectivity index is 2.18. The highest BCUT2D eigenvalue weighted by Gasteiger charge is 2.10. The monoisotopic (exact) mass is 379 g/mol. The molecule has 0 aromatic carbocycles. The average molecular weight is 380 g/mol. The lowest BCUT2D eigenvalue weighted by Crippen LogP contribution is -2.13. The van der Waals surface area contributed by atoms with E-state index in [-0.39, 0.29) is 11.9 Å². The largest absolute Gasteiger partial charge is 0.290 e. The van der Waals surface area contributed by atoms with Crippen LogP contribution in [0, 0.1) is 9.81 Å². The summed E-state index contributed by atoms with van der Waals surface area (Å²) in [5.74, 6) is -0.00737. The van der Waals surface area contributed by atoms with Crippen LogP contribution >= 0.6 is 45.5 Å². The number of carbonyl (C=O) groups excluding carboxylic acids is 1. The zero-order valence-corrected chi connectivity index (χ0v) is 12.4. The molecule has 0 bridgehead atoms. The fraction of sp³-hybridized carbons (Fsp3) is 0.100. The van der Waals surface area contributed by atoms with Crippen LogP contribution in [0.5, 0.6) is 0 Å². The van der Waals surface area contributed by atoms with E-state index in [2.05, 4.69) is 37.9 Å². The number of nitrogens with one attached hydrogen (secondary N) is 1. The van der Waals surface area contributed by atoms with E-state index >= 15 is 0 Å². The van der Waals surface area contributed by atoms with Gasteiger partial charge in [0, 0.05) is 11.1 Å². The first-order valence-electron chi connectivity index (χ1n) is 4.61. The molecule has 88 valence electrons. The number of nitrogens with zero attached hydrogens (tertiary/aromatic N) is 2. The minimum Gasteiger partial charge on any atom is -0.290 e.